The van der Waals surface area contributed by atoms with Crippen LogP contribution in [0.15, 0.2) is 42.6 Å². The number of rotatable bonds is 3. The van der Waals surface area contributed by atoms with Gasteiger partial charge in [0.2, 0.25) is 5.91 Å². The fourth-order valence-electron chi connectivity index (χ4n) is 2.39. The number of anilines is 1. The summed E-state index contributed by atoms with van der Waals surface area (Å²) in [4.78, 5) is 28.3. The van der Waals surface area contributed by atoms with Crippen LogP contribution in [-0.2, 0) is 11.3 Å². The molecule has 2 N–H and O–H groups in total. The quantitative estimate of drug-likeness (QED) is 0.680. The van der Waals surface area contributed by atoms with Gasteiger partial charge in [0.25, 0.3) is 5.69 Å². The Labute approximate surface area is 120 Å². The van der Waals surface area contributed by atoms with E-state index in [1.165, 1.54) is 17.0 Å². The molecule has 0 bridgehead atoms. The third-order valence-corrected chi connectivity index (χ3v) is 3.43. The first-order chi connectivity index (χ1) is 10.1. The summed E-state index contributed by atoms with van der Waals surface area (Å²) in [7, 11) is 0. The predicted octanol–water partition coefficient (Wildman–Crippen LogP) is 1.54. The Kier molecular flexibility index (Phi) is 3.11. The van der Waals surface area contributed by atoms with Crippen molar-refractivity contribution in [2.24, 2.45) is 5.73 Å². The van der Waals surface area contributed by atoms with E-state index in [1.54, 1.807) is 18.3 Å². The number of nitro groups is 1. The molecule has 2 heterocycles. The van der Waals surface area contributed by atoms with Gasteiger partial charge in [-0.05, 0) is 18.2 Å². The Morgan fingerprint density at radius 2 is 2.14 bits per heavy atom. The number of fused-ring (bicyclic) bond motifs is 1. The number of non-ortho nitro benzene ring substituents is 1. The second kappa shape index (κ2) is 4.95. The molecule has 1 aromatic heterocycles. The SMILES string of the molecule is NC1C(=O)N(Cc2ccccn2)c2ccc([N+](=O)[O-])cc21. The first-order valence-electron chi connectivity index (χ1n) is 6.33. The molecule has 0 radical (unpaired) electrons. The van der Waals surface area contributed by atoms with E-state index < -0.39 is 11.0 Å². The number of benzene rings is 1. The highest BCUT2D eigenvalue weighted by Crippen LogP contribution is 2.37. The monoisotopic (exact) mass is 284 g/mol. The maximum Gasteiger partial charge on any atom is 0.269 e. The van der Waals surface area contributed by atoms with E-state index in [4.69, 9.17) is 5.73 Å². The molecule has 1 unspecified atom stereocenters. The van der Waals surface area contributed by atoms with E-state index in [2.05, 4.69) is 4.98 Å². The van der Waals surface area contributed by atoms with Gasteiger partial charge in [-0.3, -0.25) is 19.9 Å². The minimum absolute atomic E-state index is 0.0725. The molecule has 0 spiro atoms. The number of hydrogen-bond donors (Lipinski definition) is 1. The van der Waals surface area contributed by atoms with Crippen LogP contribution < -0.4 is 10.6 Å². The number of amides is 1. The van der Waals surface area contributed by atoms with Crippen molar-refractivity contribution in [2.75, 3.05) is 4.90 Å². The van der Waals surface area contributed by atoms with Crippen molar-refractivity contribution in [3.05, 3.63) is 64.0 Å². The molecule has 0 fully saturated rings. The minimum atomic E-state index is -0.872. The van der Waals surface area contributed by atoms with Crippen molar-refractivity contribution in [2.45, 2.75) is 12.6 Å². The second-order valence-corrected chi connectivity index (χ2v) is 4.72. The lowest BCUT2D eigenvalue weighted by Gasteiger charge is -2.16. The summed E-state index contributed by atoms with van der Waals surface area (Å²) in [6, 6.07) is 8.84. The van der Waals surface area contributed by atoms with Crippen LogP contribution in [0.3, 0.4) is 0 Å². The van der Waals surface area contributed by atoms with E-state index in [1.807, 2.05) is 12.1 Å². The smallest absolute Gasteiger partial charge is 0.269 e. The number of nitrogens with two attached hydrogens (primary N) is 1. The highest BCUT2D eigenvalue weighted by Gasteiger charge is 2.36. The molecule has 0 saturated heterocycles. The Morgan fingerprint density at radius 1 is 1.33 bits per heavy atom. The van der Waals surface area contributed by atoms with Crippen LogP contribution in [0.2, 0.25) is 0 Å². The maximum atomic E-state index is 12.3. The van der Waals surface area contributed by atoms with E-state index in [9.17, 15) is 14.9 Å². The van der Waals surface area contributed by atoms with Crippen molar-refractivity contribution in [1.29, 1.82) is 0 Å². The molecular weight excluding hydrogens is 272 g/mol. The maximum absolute atomic E-state index is 12.3. The van der Waals surface area contributed by atoms with Gasteiger partial charge in [-0.25, -0.2) is 0 Å². The Hall–Kier alpha value is -2.80. The van der Waals surface area contributed by atoms with Crippen LogP contribution in [0, 0.1) is 10.1 Å². The van der Waals surface area contributed by atoms with E-state index in [0.717, 1.165) is 5.69 Å². The van der Waals surface area contributed by atoms with Gasteiger partial charge < -0.3 is 10.6 Å². The van der Waals surface area contributed by atoms with E-state index >= 15 is 0 Å². The Morgan fingerprint density at radius 3 is 2.81 bits per heavy atom. The summed E-state index contributed by atoms with van der Waals surface area (Å²) < 4.78 is 0. The van der Waals surface area contributed by atoms with Crippen molar-refractivity contribution in [1.82, 2.24) is 4.98 Å². The number of nitrogens with zero attached hydrogens (tertiary/aromatic N) is 3. The number of pyridine rings is 1. The van der Waals surface area contributed by atoms with Crippen molar-refractivity contribution in [3.63, 3.8) is 0 Å². The van der Waals surface area contributed by atoms with E-state index in [-0.39, 0.29) is 18.1 Å². The molecule has 1 aromatic carbocycles. The molecular formula is C14H12N4O3. The number of nitro benzene ring substituents is 1. The lowest BCUT2D eigenvalue weighted by atomic mass is 10.1. The average molecular weight is 284 g/mol. The molecule has 7 nitrogen and oxygen atoms in total. The summed E-state index contributed by atoms with van der Waals surface area (Å²) >= 11 is 0. The largest absolute Gasteiger partial charge is 0.316 e. The van der Waals surface area contributed by atoms with Gasteiger partial charge in [0.05, 0.1) is 17.2 Å². The summed E-state index contributed by atoms with van der Waals surface area (Å²) in [6.07, 6.45) is 1.65. The van der Waals surface area contributed by atoms with E-state index in [0.29, 0.717) is 11.3 Å². The van der Waals surface area contributed by atoms with Crippen LogP contribution in [0.5, 0.6) is 0 Å². The standard InChI is InChI=1S/C14H12N4O3/c15-13-11-7-10(18(20)21)4-5-12(11)17(14(13)19)8-9-3-1-2-6-16-9/h1-7,13H,8,15H2. The van der Waals surface area contributed by atoms with Crippen LogP contribution in [0.1, 0.15) is 17.3 Å². The molecule has 1 amide bonds. The van der Waals surface area contributed by atoms with Crippen LogP contribution in [-0.4, -0.2) is 15.8 Å². The molecule has 1 aliphatic rings. The number of aromatic nitrogens is 1. The first kappa shape index (κ1) is 13.2. The number of hydrogen-bond acceptors (Lipinski definition) is 5. The molecule has 106 valence electrons. The molecule has 3 rings (SSSR count). The van der Waals surface area contributed by atoms with Gasteiger partial charge in [0, 0.05) is 29.6 Å². The lowest BCUT2D eigenvalue weighted by molar-refractivity contribution is -0.384. The van der Waals surface area contributed by atoms with Gasteiger partial charge in [-0.15, -0.1) is 0 Å². The first-order valence-corrected chi connectivity index (χ1v) is 6.33. The average Bonchev–Trinajstić information content (AvgIpc) is 2.73. The third-order valence-electron chi connectivity index (χ3n) is 3.43. The van der Waals surface area contributed by atoms with Crippen LogP contribution in [0.4, 0.5) is 11.4 Å². The summed E-state index contributed by atoms with van der Waals surface area (Å²) in [5.41, 5.74) is 7.60. The zero-order chi connectivity index (χ0) is 15.0. The van der Waals surface area contributed by atoms with Crippen molar-refractivity contribution in [3.8, 4) is 0 Å². The molecule has 7 heteroatoms. The molecule has 21 heavy (non-hydrogen) atoms. The summed E-state index contributed by atoms with van der Waals surface area (Å²) in [5.74, 6) is -0.281. The predicted molar refractivity (Wildman–Crippen MR) is 75.5 cm³/mol. The van der Waals surface area contributed by atoms with Crippen molar-refractivity contribution >= 4 is 17.3 Å². The fourth-order valence-corrected chi connectivity index (χ4v) is 2.39. The van der Waals surface area contributed by atoms with Crippen LogP contribution in [0.25, 0.3) is 0 Å². The Balaban J connectivity index is 1.98. The topological polar surface area (TPSA) is 102 Å². The number of carbonyl (C=O) groups is 1. The van der Waals surface area contributed by atoms with Crippen molar-refractivity contribution < 1.29 is 9.72 Å². The summed E-state index contributed by atoms with van der Waals surface area (Å²) in [6.45, 7) is 0.290. The Bertz CT molecular complexity index is 717. The zero-order valence-electron chi connectivity index (χ0n) is 11.0. The molecule has 1 aliphatic heterocycles. The normalized spacial score (nSPS) is 16.9. The highest BCUT2D eigenvalue weighted by molar-refractivity contribution is 6.04. The lowest BCUT2D eigenvalue weighted by Crippen LogP contribution is -2.31. The second-order valence-electron chi connectivity index (χ2n) is 4.72. The van der Waals surface area contributed by atoms with Gasteiger partial charge in [0.1, 0.15) is 6.04 Å². The van der Waals surface area contributed by atoms with Gasteiger partial charge in [0.15, 0.2) is 0 Å². The van der Waals surface area contributed by atoms with Crippen LogP contribution >= 0.6 is 0 Å². The molecule has 2 aromatic rings. The molecule has 1 atom stereocenters. The van der Waals surface area contributed by atoms with Gasteiger partial charge in [-0.1, -0.05) is 6.07 Å². The highest BCUT2D eigenvalue weighted by atomic mass is 16.6. The molecule has 0 aliphatic carbocycles. The number of carbonyl (C=O) groups excluding carboxylic acids is 1. The fraction of sp³-hybridized carbons (Fsp3) is 0.143. The van der Waals surface area contributed by atoms with Gasteiger partial charge in [-0.2, -0.15) is 0 Å². The minimum Gasteiger partial charge on any atom is -0.316 e. The third kappa shape index (κ3) is 2.23. The summed E-state index contributed by atoms with van der Waals surface area (Å²) in [5, 5.41) is 10.8. The zero-order valence-corrected chi connectivity index (χ0v) is 11.0. The molecule has 0 saturated carbocycles. The van der Waals surface area contributed by atoms with Gasteiger partial charge >= 0.3 is 0 Å².